The molecule has 0 radical (unpaired) electrons. The van der Waals surface area contributed by atoms with E-state index < -0.39 is 36.6 Å². The highest BCUT2D eigenvalue weighted by Gasteiger charge is 2.50. The summed E-state index contributed by atoms with van der Waals surface area (Å²) in [6.45, 7) is 4.70. The Kier molecular flexibility index (Phi) is 21.5. The number of amides is 1. The summed E-state index contributed by atoms with van der Waals surface area (Å²) in [4.78, 5) is 26.0. The van der Waals surface area contributed by atoms with E-state index in [-0.39, 0.29) is 25.7 Å². The first-order valence-electron chi connectivity index (χ1n) is 20.7. The van der Waals surface area contributed by atoms with Crippen molar-refractivity contribution in [2.45, 2.75) is 154 Å². The molecule has 0 aromatic heterocycles. The summed E-state index contributed by atoms with van der Waals surface area (Å²) < 4.78 is 31.8. The van der Waals surface area contributed by atoms with Crippen molar-refractivity contribution in [1.82, 2.24) is 5.32 Å². The third-order valence-electron chi connectivity index (χ3n) is 9.87. The lowest BCUT2D eigenvalue weighted by Gasteiger charge is -2.45. The quantitative estimate of drug-likeness (QED) is 0.0471. The Morgan fingerprint density at radius 2 is 1.11 bits per heavy atom. The number of hydrogen-bond donors (Lipinski definition) is 1. The molecule has 1 aliphatic rings. The van der Waals surface area contributed by atoms with Crippen LogP contribution in [0.3, 0.4) is 0 Å². The van der Waals surface area contributed by atoms with Gasteiger partial charge in [-0.2, -0.15) is 0 Å². The maximum Gasteiger partial charge on any atom is 0.303 e. The third kappa shape index (κ3) is 17.7. The van der Waals surface area contributed by atoms with Crippen LogP contribution in [0.4, 0.5) is 0 Å². The molecule has 3 unspecified atom stereocenters. The second kappa shape index (κ2) is 26.9. The summed E-state index contributed by atoms with van der Waals surface area (Å²) >= 11 is 0. The molecular weight excluding hydrogens is 691 g/mol. The summed E-state index contributed by atoms with van der Waals surface area (Å²) in [7, 11) is 0. The number of allylic oxidation sites excluding steroid dienone is 2. The molecule has 1 saturated heterocycles. The number of hydrogen-bond acceptors (Lipinski definition) is 7. The number of rotatable bonds is 27. The van der Waals surface area contributed by atoms with Crippen LogP contribution in [0.5, 0.6) is 0 Å². The van der Waals surface area contributed by atoms with Gasteiger partial charge in [-0.25, -0.2) is 0 Å². The molecule has 300 valence electrons. The Balaban J connectivity index is 1.36. The average molecular weight is 756 g/mol. The zero-order chi connectivity index (χ0) is 38.8. The molecule has 8 nitrogen and oxygen atoms in total. The van der Waals surface area contributed by atoms with E-state index in [9.17, 15) is 9.59 Å². The first-order valence-corrected chi connectivity index (χ1v) is 20.7. The molecule has 1 fully saturated rings. The standard InChI is InChI=1S/C47H65NO7/c1-3-4-5-6-7-8-9-10-11-12-13-14-15-16-26-33-43(50)48-47-46(54-38(2)49)45(53-36-41-31-24-19-25-32-41)44(52-35-40-29-22-18-23-30-40)42(55-47)37-51-34-39-27-20-17-21-28-39/h10-11,17-25,27-32,42,44-47H,3-9,12-16,26,33-37H2,1-2H3,(H,48,50)/b11-10-/t42?,44-,45?,46?,47-/m1/s1. The van der Waals surface area contributed by atoms with Crippen molar-refractivity contribution in [2.75, 3.05) is 6.61 Å². The van der Waals surface area contributed by atoms with Crippen molar-refractivity contribution in [3.63, 3.8) is 0 Å². The Labute approximate surface area is 330 Å². The second-order valence-electron chi connectivity index (χ2n) is 14.6. The normalized spacial score (nSPS) is 19.7. The van der Waals surface area contributed by atoms with Gasteiger partial charge in [-0.15, -0.1) is 0 Å². The number of esters is 1. The van der Waals surface area contributed by atoms with Gasteiger partial charge in [0.2, 0.25) is 5.91 Å². The van der Waals surface area contributed by atoms with Crippen LogP contribution in [-0.4, -0.2) is 49.1 Å². The van der Waals surface area contributed by atoms with E-state index in [2.05, 4.69) is 24.4 Å². The molecule has 8 heteroatoms. The van der Waals surface area contributed by atoms with Gasteiger partial charge in [0, 0.05) is 13.3 Å². The van der Waals surface area contributed by atoms with Gasteiger partial charge in [0.1, 0.15) is 18.3 Å². The Morgan fingerprint density at radius 3 is 1.65 bits per heavy atom. The van der Waals surface area contributed by atoms with E-state index in [1.54, 1.807) is 0 Å². The Hall–Kier alpha value is -3.82. The average Bonchev–Trinajstić information content (AvgIpc) is 3.20. The minimum absolute atomic E-state index is 0.158. The molecular formula is C47H65NO7. The van der Waals surface area contributed by atoms with Crippen molar-refractivity contribution in [3.05, 3.63) is 120 Å². The van der Waals surface area contributed by atoms with E-state index in [0.29, 0.717) is 13.0 Å². The van der Waals surface area contributed by atoms with Crippen LogP contribution in [0.25, 0.3) is 0 Å². The van der Waals surface area contributed by atoms with E-state index in [1.165, 1.54) is 58.3 Å². The van der Waals surface area contributed by atoms with Gasteiger partial charge in [0.25, 0.3) is 0 Å². The van der Waals surface area contributed by atoms with Crippen LogP contribution in [0.2, 0.25) is 0 Å². The molecule has 0 bridgehead atoms. The highest BCUT2D eigenvalue weighted by molar-refractivity contribution is 5.76. The predicted molar refractivity (Wildman–Crippen MR) is 218 cm³/mol. The van der Waals surface area contributed by atoms with Crippen LogP contribution in [-0.2, 0) is 53.1 Å². The Morgan fingerprint density at radius 1 is 0.618 bits per heavy atom. The molecule has 1 amide bonds. The van der Waals surface area contributed by atoms with Crippen molar-refractivity contribution >= 4 is 11.9 Å². The first-order chi connectivity index (χ1) is 27.0. The first kappa shape index (κ1) is 43.9. The largest absolute Gasteiger partial charge is 0.455 e. The fraction of sp³-hybridized carbons (Fsp3) is 0.532. The topological polar surface area (TPSA) is 92.3 Å². The lowest BCUT2D eigenvalue weighted by atomic mass is 9.96. The number of nitrogens with one attached hydrogen (secondary N) is 1. The molecule has 1 heterocycles. The van der Waals surface area contributed by atoms with Gasteiger partial charge in [0.05, 0.1) is 26.4 Å². The fourth-order valence-electron chi connectivity index (χ4n) is 6.86. The minimum atomic E-state index is -0.956. The molecule has 0 spiro atoms. The molecule has 3 aromatic carbocycles. The molecule has 1 N–H and O–H groups in total. The van der Waals surface area contributed by atoms with Gasteiger partial charge in [-0.1, -0.05) is 161 Å². The molecule has 4 rings (SSSR count). The van der Waals surface area contributed by atoms with E-state index >= 15 is 0 Å². The summed E-state index contributed by atoms with van der Waals surface area (Å²) in [6, 6.07) is 29.6. The van der Waals surface area contributed by atoms with E-state index in [0.717, 1.165) is 48.8 Å². The molecule has 55 heavy (non-hydrogen) atoms. The third-order valence-corrected chi connectivity index (χ3v) is 9.87. The highest BCUT2D eigenvalue weighted by atomic mass is 16.6. The van der Waals surface area contributed by atoms with E-state index in [4.69, 9.17) is 23.7 Å². The zero-order valence-corrected chi connectivity index (χ0v) is 33.3. The van der Waals surface area contributed by atoms with Gasteiger partial charge in [0.15, 0.2) is 12.3 Å². The van der Waals surface area contributed by atoms with Crippen LogP contribution >= 0.6 is 0 Å². The van der Waals surface area contributed by atoms with Crippen molar-refractivity contribution in [1.29, 1.82) is 0 Å². The molecule has 0 saturated carbocycles. The lowest BCUT2D eigenvalue weighted by Crippen LogP contribution is -2.65. The van der Waals surface area contributed by atoms with Crippen molar-refractivity contribution < 1.29 is 33.3 Å². The maximum absolute atomic E-state index is 13.4. The summed E-state index contributed by atoms with van der Waals surface area (Å²) in [5.41, 5.74) is 2.96. The highest BCUT2D eigenvalue weighted by Crippen LogP contribution is 2.30. The monoisotopic (exact) mass is 755 g/mol. The van der Waals surface area contributed by atoms with Crippen LogP contribution in [0, 0.1) is 0 Å². The van der Waals surface area contributed by atoms with Crippen molar-refractivity contribution in [3.8, 4) is 0 Å². The number of carbonyl (C=O) groups is 2. The molecule has 3 aromatic rings. The van der Waals surface area contributed by atoms with Crippen LogP contribution in [0.1, 0.15) is 120 Å². The maximum atomic E-state index is 13.4. The van der Waals surface area contributed by atoms with Crippen LogP contribution < -0.4 is 5.32 Å². The smallest absolute Gasteiger partial charge is 0.303 e. The number of unbranched alkanes of at least 4 members (excludes halogenated alkanes) is 11. The second-order valence-corrected chi connectivity index (χ2v) is 14.6. The summed E-state index contributed by atoms with van der Waals surface area (Å²) in [5, 5.41) is 3.05. The number of ether oxygens (including phenoxy) is 5. The lowest BCUT2D eigenvalue weighted by molar-refractivity contribution is -0.270. The van der Waals surface area contributed by atoms with Gasteiger partial charge >= 0.3 is 5.97 Å². The Bertz CT molecular complexity index is 1470. The van der Waals surface area contributed by atoms with Crippen LogP contribution in [0.15, 0.2) is 103 Å². The number of carbonyl (C=O) groups excluding carboxylic acids is 2. The van der Waals surface area contributed by atoms with Gasteiger partial charge in [-0.05, 0) is 48.8 Å². The molecule has 1 aliphatic heterocycles. The summed E-state index contributed by atoms with van der Waals surface area (Å²) in [5.74, 6) is -0.659. The minimum Gasteiger partial charge on any atom is -0.455 e. The number of benzene rings is 3. The van der Waals surface area contributed by atoms with Gasteiger partial charge < -0.3 is 29.0 Å². The fourth-order valence-corrected chi connectivity index (χ4v) is 6.86. The van der Waals surface area contributed by atoms with Gasteiger partial charge in [-0.3, -0.25) is 9.59 Å². The molecule has 5 atom stereocenters. The SMILES string of the molecule is CCCCCCCC/C=C\CCCCCCCC(=O)N[C@@H]1OC(COCc2ccccc2)[C@@H](OCc2ccccc2)C(OCc2ccccc2)C1OC(C)=O. The van der Waals surface area contributed by atoms with Crippen molar-refractivity contribution in [2.24, 2.45) is 0 Å². The van der Waals surface area contributed by atoms with E-state index in [1.807, 2.05) is 91.0 Å². The summed E-state index contributed by atoms with van der Waals surface area (Å²) in [6.07, 6.45) is 16.5. The predicted octanol–water partition coefficient (Wildman–Crippen LogP) is 10.2. The molecule has 0 aliphatic carbocycles. The zero-order valence-electron chi connectivity index (χ0n) is 33.3.